The van der Waals surface area contributed by atoms with Crippen molar-refractivity contribution in [2.75, 3.05) is 10.6 Å². The summed E-state index contributed by atoms with van der Waals surface area (Å²) in [5.74, 6) is 0. The molecule has 82 valence electrons. The van der Waals surface area contributed by atoms with Gasteiger partial charge in [-0.25, -0.2) is 4.79 Å². The van der Waals surface area contributed by atoms with Gasteiger partial charge in [-0.15, -0.1) is 5.10 Å². The molecule has 5 nitrogen and oxygen atoms in total. The van der Waals surface area contributed by atoms with Crippen LogP contribution in [0.4, 0.5) is 15.5 Å². The van der Waals surface area contributed by atoms with Crippen LogP contribution in [0.2, 0.25) is 5.02 Å². The number of rotatable bonds is 2. The number of benzene rings is 1. The van der Waals surface area contributed by atoms with E-state index in [0.717, 1.165) is 11.5 Å². The van der Waals surface area contributed by atoms with E-state index < -0.39 is 0 Å². The van der Waals surface area contributed by atoms with Crippen molar-refractivity contribution >= 4 is 39.9 Å². The number of halogens is 1. The highest BCUT2D eigenvalue weighted by Crippen LogP contribution is 2.20. The van der Waals surface area contributed by atoms with Crippen molar-refractivity contribution in [1.29, 1.82) is 0 Å². The molecule has 16 heavy (non-hydrogen) atoms. The van der Waals surface area contributed by atoms with Crippen LogP contribution < -0.4 is 10.6 Å². The lowest BCUT2D eigenvalue weighted by Gasteiger charge is -2.06. The quantitative estimate of drug-likeness (QED) is 0.866. The van der Waals surface area contributed by atoms with E-state index in [2.05, 4.69) is 20.2 Å². The monoisotopic (exact) mass is 254 g/mol. The Kier molecular flexibility index (Phi) is 3.33. The van der Waals surface area contributed by atoms with Crippen LogP contribution in [0, 0.1) is 0 Å². The van der Waals surface area contributed by atoms with Crippen LogP contribution in [-0.2, 0) is 0 Å². The second kappa shape index (κ2) is 4.91. The second-order valence-corrected chi connectivity index (χ2v) is 4.03. The molecule has 1 aromatic carbocycles. The maximum absolute atomic E-state index is 11.5. The number of hydrogen-bond donors (Lipinski definition) is 2. The second-order valence-electron chi connectivity index (χ2n) is 2.84. The Hall–Kier alpha value is -1.66. The molecule has 1 aromatic heterocycles. The smallest absolute Gasteiger partial charge is 0.306 e. The van der Waals surface area contributed by atoms with Gasteiger partial charge in [0.15, 0.2) is 0 Å². The zero-order valence-electron chi connectivity index (χ0n) is 7.98. The molecule has 0 aliphatic carbocycles. The number of hydrogen-bond acceptors (Lipinski definition) is 4. The summed E-state index contributed by atoms with van der Waals surface area (Å²) in [6.07, 6.45) is 1.47. The summed E-state index contributed by atoms with van der Waals surface area (Å²) in [7, 11) is 0. The minimum absolute atomic E-state index is 0.376. The Balaban J connectivity index is 2.00. The number of para-hydroxylation sites is 1. The fourth-order valence-electron chi connectivity index (χ4n) is 1.05. The Bertz CT molecular complexity index is 488. The highest BCUT2D eigenvalue weighted by molar-refractivity contribution is 7.10. The highest BCUT2D eigenvalue weighted by Gasteiger charge is 2.06. The maximum atomic E-state index is 11.5. The molecule has 0 radical (unpaired) electrons. The number of carbonyl (C=O) groups is 1. The molecule has 0 atom stereocenters. The first-order valence-corrected chi connectivity index (χ1v) is 5.51. The summed E-state index contributed by atoms with van der Waals surface area (Å²) in [6, 6.07) is 6.62. The summed E-state index contributed by atoms with van der Waals surface area (Å²) >= 11 is 6.99. The number of anilines is 2. The molecule has 0 unspecified atom stereocenters. The van der Waals surface area contributed by atoms with E-state index in [1.54, 1.807) is 24.3 Å². The normalized spacial score (nSPS) is 9.81. The molecule has 2 N–H and O–H groups in total. The molecule has 0 aliphatic heterocycles. The van der Waals surface area contributed by atoms with Gasteiger partial charge in [-0.2, -0.15) is 0 Å². The van der Waals surface area contributed by atoms with Crippen LogP contribution in [0.5, 0.6) is 0 Å². The topological polar surface area (TPSA) is 66.9 Å². The van der Waals surface area contributed by atoms with E-state index in [9.17, 15) is 4.79 Å². The molecule has 2 aromatic rings. The SMILES string of the molecule is O=C(Nc1cnns1)Nc1ccccc1Cl. The van der Waals surface area contributed by atoms with Gasteiger partial charge in [-0.3, -0.25) is 5.32 Å². The molecule has 0 fully saturated rings. The van der Waals surface area contributed by atoms with Crippen molar-refractivity contribution in [3.8, 4) is 0 Å². The molecule has 0 saturated carbocycles. The van der Waals surface area contributed by atoms with E-state index in [4.69, 9.17) is 11.6 Å². The lowest BCUT2D eigenvalue weighted by molar-refractivity contribution is 0.262. The van der Waals surface area contributed by atoms with Crippen LogP contribution in [0.1, 0.15) is 0 Å². The fraction of sp³-hybridized carbons (Fsp3) is 0. The number of nitrogens with one attached hydrogen (secondary N) is 2. The molecule has 7 heteroatoms. The number of amides is 2. The summed E-state index contributed by atoms with van der Waals surface area (Å²) in [4.78, 5) is 11.5. The van der Waals surface area contributed by atoms with Crippen molar-refractivity contribution in [3.05, 3.63) is 35.5 Å². The van der Waals surface area contributed by atoms with Gasteiger partial charge < -0.3 is 5.32 Å². The molecular weight excluding hydrogens is 248 g/mol. The van der Waals surface area contributed by atoms with Gasteiger partial charge in [-0.1, -0.05) is 28.2 Å². The van der Waals surface area contributed by atoms with Crippen LogP contribution >= 0.6 is 23.1 Å². The summed E-state index contributed by atoms with van der Waals surface area (Å²) in [6.45, 7) is 0. The largest absolute Gasteiger partial charge is 0.324 e. The molecule has 1 heterocycles. The van der Waals surface area contributed by atoms with E-state index in [1.165, 1.54) is 6.20 Å². The van der Waals surface area contributed by atoms with Gasteiger partial charge in [0.1, 0.15) is 5.00 Å². The Morgan fingerprint density at radius 3 is 2.81 bits per heavy atom. The maximum Gasteiger partial charge on any atom is 0.324 e. The van der Waals surface area contributed by atoms with Crippen LogP contribution in [0.15, 0.2) is 30.5 Å². The Labute approximate surface area is 101 Å². The van der Waals surface area contributed by atoms with Gasteiger partial charge in [0.05, 0.1) is 16.9 Å². The number of carbonyl (C=O) groups excluding carboxylic acids is 1. The van der Waals surface area contributed by atoms with Gasteiger partial charge in [0, 0.05) is 11.5 Å². The van der Waals surface area contributed by atoms with Crippen LogP contribution in [0.3, 0.4) is 0 Å². The lowest BCUT2D eigenvalue weighted by Crippen LogP contribution is -2.18. The zero-order valence-corrected chi connectivity index (χ0v) is 9.55. The highest BCUT2D eigenvalue weighted by atomic mass is 35.5. The minimum atomic E-state index is -0.376. The molecule has 0 bridgehead atoms. The zero-order chi connectivity index (χ0) is 11.4. The first-order valence-electron chi connectivity index (χ1n) is 4.35. The standard InChI is InChI=1S/C9H7ClN4OS/c10-6-3-1-2-4-7(6)12-9(15)13-8-5-11-14-16-8/h1-5H,(H2,12,13,15). The van der Waals surface area contributed by atoms with Gasteiger partial charge in [-0.05, 0) is 12.1 Å². The Morgan fingerprint density at radius 1 is 1.31 bits per heavy atom. The van der Waals surface area contributed by atoms with E-state index in [-0.39, 0.29) is 6.03 Å². The van der Waals surface area contributed by atoms with Crippen LogP contribution in [-0.4, -0.2) is 15.6 Å². The fourth-order valence-corrected chi connectivity index (χ4v) is 1.65. The summed E-state index contributed by atoms with van der Waals surface area (Å²) in [5.41, 5.74) is 0.555. The van der Waals surface area contributed by atoms with Gasteiger partial charge in [0.2, 0.25) is 0 Å². The first-order chi connectivity index (χ1) is 7.75. The molecule has 0 saturated heterocycles. The number of urea groups is 1. The summed E-state index contributed by atoms with van der Waals surface area (Å²) in [5, 5.41) is 9.86. The summed E-state index contributed by atoms with van der Waals surface area (Å²) < 4.78 is 3.62. The Morgan fingerprint density at radius 2 is 2.12 bits per heavy atom. The third-order valence-corrected chi connectivity index (χ3v) is 2.63. The number of nitrogens with zero attached hydrogens (tertiary/aromatic N) is 2. The first kappa shape index (κ1) is 10.8. The van der Waals surface area contributed by atoms with Crippen molar-refractivity contribution in [3.63, 3.8) is 0 Å². The third kappa shape index (κ3) is 2.68. The average Bonchev–Trinajstić information content (AvgIpc) is 2.74. The molecular formula is C9H7ClN4OS. The van der Waals surface area contributed by atoms with E-state index in [1.807, 2.05) is 0 Å². The molecule has 0 spiro atoms. The molecule has 2 rings (SSSR count). The lowest BCUT2D eigenvalue weighted by atomic mass is 10.3. The van der Waals surface area contributed by atoms with Gasteiger partial charge in [0.25, 0.3) is 0 Å². The third-order valence-electron chi connectivity index (χ3n) is 1.72. The van der Waals surface area contributed by atoms with E-state index in [0.29, 0.717) is 15.7 Å². The van der Waals surface area contributed by atoms with E-state index >= 15 is 0 Å². The predicted octanol–water partition coefficient (Wildman–Crippen LogP) is 2.84. The van der Waals surface area contributed by atoms with Gasteiger partial charge >= 0.3 is 6.03 Å². The van der Waals surface area contributed by atoms with Crippen molar-refractivity contribution in [2.45, 2.75) is 0 Å². The average molecular weight is 255 g/mol. The van der Waals surface area contributed by atoms with Crippen molar-refractivity contribution in [1.82, 2.24) is 9.59 Å². The minimum Gasteiger partial charge on any atom is -0.306 e. The van der Waals surface area contributed by atoms with Crippen molar-refractivity contribution < 1.29 is 4.79 Å². The van der Waals surface area contributed by atoms with Crippen LogP contribution in [0.25, 0.3) is 0 Å². The predicted molar refractivity (Wildman–Crippen MR) is 64.0 cm³/mol. The molecule has 0 aliphatic rings. The number of aromatic nitrogens is 2. The molecule has 2 amide bonds. The van der Waals surface area contributed by atoms with Crippen molar-refractivity contribution in [2.24, 2.45) is 0 Å².